The zero-order valence-corrected chi connectivity index (χ0v) is 17.6. The molecule has 4 aromatic rings. The topological polar surface area (TPSA) is 66.4 Å². The first kappa shape index (κ1) is 22.8. The fourth-order valence-electron chi connectivity index (χ4n) is 3.44. The van der Waals surface area contributed by atoms with Crippen LogP contribution in [0.2, 0.25) is 0 Å². The van der Waals surface area contributed by atoms with Gasteiger partial charge in [-0.1, -0.05) is 60.7 Å². The van der Waals surface area contributed by atoms with E-state index in [0.717, 1.165) is 29.3 Å². The van der Waals surface area contributed by atoms with Crippen LogP contribution in [0.4, 0.5) is 18.9 Å². The Hall–Kier alpha value is -4.39. The molecule has 0 spiro atoms. The van der Waals surface area contributed by atoms with E-state index < -0.39 is 23.4 Å². The SMILES string of the molecule is O=C(c1ccc(-c2ccccc2)cc1)c1ccc(O)c(C(=O)Nc2cccc(C(F)(F)F)c2)c1. The van der Waals surface area contributed by atoms with Gasteiger partial charge in [0.25, 0.3) is 5.91 Å². The number of anilines is 1. The maximum absolute atomic E-state index is 13.0. The van der Waals surface area contributed by atoms with Crippen LogP contribution in [0.15, 0.2) is 97.1 Å². The third-order valence-electron chi connectivity index (χ3n) is 5.21. The second-order valence-electron chi connectivity index (χ2n) is 7.54. The summed E-state index contributed by atoms with van der Waals surface area (Å²) in [6.45, 7) is 0. The van der Waals surface area contributed by atoms with Gasteiger partial charge >= 0.3 is 6.18 Å². The zero-order valence-electron chi connectivity index (χ0n) is 17.6. The predicted octanol–water partition coefficient (Wildman–Crippen LogP) is 6.56. The maximum atomic E-state index is 13.0. The lowest BCUT2D eigenvalue weighted by molar-refractivity contribution is -0.137. The van der Waals surface area contributed by atoms with Crippen LogP contribution < -0.4 is 5.32 Å². The van der Waals surface area contributed by atoms with E-state index in [0.29, 0.717) is 5.56 Å². The predicted molar refractivity (Wildman–Crippen MR) is 123 cm³/mol. The summed E-state index contributed by atoms with van der Waals surface area (Å²) in [5.41, 5.74) is 1.23. The van der Waals surface area contributed by atoms with Crippen molar-refractivity contribution in [3.8, 4) is 16.9 Å². The molecule has 0 atom stereocenters. The first-order valence-corrected chi connectivity index (χ1v) is 10.2. The fourth-order valence-corrected chi connectivity index (χ4v) is 3.44. The van der Waals surface area contributed by atoms with Crippen molar-refractivity contribution < 1.29 is 27.9 Å². The molecule has 0 unspecified atom stereocenters. The Bertz CT molecular complexity index is 1350. The number of aromatic hydroxyl groups is 1. The monoisotopic (exact) mass is 461 g/mol. The molecule has 0 radical (unpaired) electrons. The number of benzene rings is 4. The van der Waals surface area contributed by atoms with Gasteiger partial charge in [-0.3, -0.25) is 9.59 Å². The van der Waals surface area contributed by atoms with E-state index in [9.17, 15) is 27.9 Å². The number of phenolic OH excluding ortho intramolecular Hbond substituents is 1. The molecule has 0 aliphatic heterocycles. The van der Waals surface area contributed by atoms with Crippen molar-refractivity contribution in [3.05, 3.63) is 119 Å². The van der Waals surface area contributed by atoms with Crippen molar-refractivity contribution in [1.29, 1.82) is 0 Å². The van der Waals surface area contributed by atoms with Crippen molar-refractivity contribution in [1.82, 2.24) is 0 Å². The van der Waals surface area contributed by atoms with Gasteiger partial charge in [-0.2, -0.15) is 13.2 Å². The number of amides is 1. The second kappa shape index (κ2) is 9.23. The molecular formula is C27H18F3NO3. The summed E-state index contributed by atoms with van der Waals surface area (Å²) < 4.78 is 38.8. The fraction of sp³-hybridized carbons (Fsp3) is 0.0370. The third-order valence-corrected chi connectivity index (χ3v) is 5.21. The minimum absolute atomic E-state index is 0.0903. The highest BCUT2D eigenvalue weighted by molar-refractivity contribution is 6.12. The normalized spacial score (nSPS) is 11.1. The lowest BCUT2D eigenvalue weighted by Gasteiger charge is -2.11. The Morgan fingerprint density at radius 1 is 0.706 bits per heavy atom. The largest absolute Gasteiger partial charge is 0.507 e. The van der Waals surface area contributed by atoms with Crippen molar-refractivity contribution in [2.24, 2.45) is 0 Å². The van der Waals surface area contributed by atoms with E-state index in [1.54, 1.807) is 12.1 Å². The molecule has 0 bridgehead atoms. The minimum Gasteiger partial charge on any atom is -0.507 e. The highest BCUT2D eigenvalue weighted by Gasteiger charge is 2.30. The van der Waals surface area contributed by atoms with E-state index in [2.05, 4.69) is 5.32 Å². The number of halogens is 3. The Kier molecular flexibility index (Phi) is 6.19. The van der Waals surface area contributed by atoms with Crippen LogP contribution in [0.5, 0.6) is 5.75 Å². The minimum atomic E-state index is -4.56. The van der Waals surface area contributed by atoms with Gasteiger partial charge < -0.3 is 10.4 Å². The van der Waals surface area contributed by atoms with Gasteiger partial charge in [0.1, 0.15) is 5.75 Å². The molecule has 0 aliphatic rings. The molecule has 0 heterocycles. The molecule has 7 heteroatoms. The van der Waals surface area contributed by atoms with E-state index in [-0.39, 0.29) is 22.6 Å². The molecule has 4 rings (SSSR count). The molecule has 0 aromatic heterocycles. The van der Waals surface area contributed by atoms with Gasteiger partial charge in [-0.25, -0.2) is 0 Å². The lowest BCUT2D eigenvalue weighted by Crippen LogP contribution is -2.14. The average molecular weight is 461 g/mol. The van der Waals surface area contributed by atoms with Crippen LogP contribution in [0.1, 0.15) is 31.8 Å². The number of phenols is 1. The Morgan fingerprint density at radius 2 is 1.35 bits per heavy atom. The number of carbonyl (C=O) groups excluding carboxylic acids is 2. The Labute approximate surface area is 193 Å². The number of carbonyl (C=O) groups is 2. The van der Waals surface area contributed by atoms with Crippen LogP contribution in [0.3, 0.4) is 0 Å². The molecule has 4 nitrogen and oxygen atoms in total. The van der Waals surface area contributed by atoms with E-state index in [4.69, 9.17) is 0 Å². The molecule has 4 aromatic carbocycles. The van der Waals surface area contributed by atoms with E-state index in [1.807, 2.05) is 42.5 Å². The van der Waals surface area contributed by atoms with Gasteiger partial charge in [0.05, 0.1) is 11.1 Å². The number of nitrogens with one attached hydrogen (secondary N) is 1. The van der Waals surface area contributed by atoms with E-state index in [1.165, 1.54) is 24.3 Å². The number of hydrogen-bond acceptors (Lipinski definition) is 3. The van der Waals surface area contributed by atoms with Crippen LogP contribution in [-0.2, 0) is 6.18 Å². The highest BCUT2D eigenvalue weighted by Crippen LogP contribution is 2.31. The van der Waals surface area contributed by atoms with Gasteiger partial charge in [0, 0.05) is 16.8 Å². The molecule has 0 saturated heterocycles. The lowest BCUT2D eigenvalue weighted by atomic mass is 9.98. The standard InChI is InChI=1S/C27H18F3NO3/c28-27(29,30)21-7-4-8-22(16-21)31-26(34)23-15-20(13-14-24(23)32)25(33)19-11-9-18(10-12-19)17-5-2-1-3-6-17/h1-16,32H,(H,31,34). The molecule has 2 N–H and O–H groups in total. The van der Waals surface area contributed by atoms with Crippen molar-refractivity contribution in [2.75, 3.05) is 5.32 Å². The van der Waals surface area contributed by atoms with Gasteiger partial charge in [0.2, 0.25) is 0 Å². The summed E-state index contributed by atoms with van der Waals surface area (Å²) in [4.78, 5) is 25.6. The summed E-state index contributed by atoms with van der Waals surface area (Å²) in [5.74, 6) is -1.61. The quantitative estimate of drug-likeness (QED) is 0.331. The zero-order chi connectivity index (χ0) is 24.3. The number of hydrogen-bond donors (Lipinski definition) is 2. The molecule has 0 aliphatic carbocycles. The molecule has 1 amide bonds. The van der Waals surface area contributed by atoms with Crippen LogP contribution in [0, 0.1) is 0 Å². The highest BCUT2D eigenvalue weighted by atomic mass is 19.4. The first-order valence-electron chi connectivity index (χ1n) is 10.2. The summed E-state index contributed by atoms with van der Waals surface area (Å²) in [6.07, 6.45) is -4.56. The summed E-state index contributed by atoms with van der Waals surface area (Å²) in [7, 11) is 0. The molecule has 170 valence electrons. The van der Waals surface area contributed by atoms with Crippen LogP contribution >= 0.6 is 0 Å². The maximum Gasteiger partial charge on any atom is 0.416 e. The van der Waals surface area contributed by atoms with Crippen molar-refractivity contribution in [2.45, 2.75) is 6.18 Å². The van der Waals surface area contributed by atoms with Gasteiger partial charge in [-0.05, 0) is 47.5 Å². The van der Waals surface area contributed by atoms with E-state index >= 15 is 0 Å². The number of ketones is 1. The summed E-state index contributed by atoms with van der Waals surface area (Å²) >= 11 is 0. The Morgan fingerprint density at radius 3 is 2.03 bits per heavy atom. The number of alkyl halides is 3. The Balaban J connectivity index is 1.56. The van der Waals surface area contributed by atoms with Crippen molar-refractivity contribution in [3.63, 3.8) is 0 Å². The summed E-state index contributed by atoms with van der Waals surface area (Å²) in [5, 5.41) is 12.5. The molecule has 0 fully saturated rings. The molecular weight excluding hydrogens is 443 g/mol. The second-order valence-corrected chi connectivity index (χ2v) is 7.54. The third kappa shape index (κ3) is 4.99. The molecule has 0 saturated carbocycles. The van der Waals surface area contributed by atoms with Crippen LogP contribution in [0.25, 0.3) is 11.1 Å². The average Bonchev–Trinajstić information content (AvgIpc) is 2.84. The van der Waals surface area contributed by atoms with Crippen molar-refractivity contribution >= 4 is 17.4 Å². The van der Waals surface area contributed by atoms with Gasteiger partial charge in [0.15, 0.2) is 5.78 Å². The van der Waals surface area contributed by atoms with Gasteiger partial charge in [-0.15, -0.1) is 0 Å². The number of rotatable bonds is 5. The first-order chi connectivity index (χ1) is 16.2. The molecule has 34 heavy (non-hydrogen) atoms. The summed E-state index contributed by atoms with van der Waals surface area (Å²) in [6, 6.07) is 24.5. The smallest absolute Gasteiger partial charge is 0.416 e. The van der Waals surface area contributed by atoms with Crippen LogP contribution in [-0.4, -0.2) is 16.8 Å².